The first-order valence-electron chi connectivity index (χ1n) is 7.14. The Kier molecular flexibility index (Phi) is 4.50. The molecule has 0 bridgehead atoms. The summed E-state index contributed by atoms with van der Waals surface area (Å²) in [5.41, 5.74) is 5.18. The summed E-state index contributed by atoms with van der Waals surface area (Å²) in [6, 6.07) is 0. The van der Waals surface area contributed by atoms with Gasteiger partial charge in [0.05, 0.1) is 5.75 Å². The van der Waals surface area contributed by atoms with Gasteiger partial charge < -0.3 is 5.73 Å². The number of rotatable bonds is 6. The van der Waals surface area contributed by atoms with Gasteiger partial charge in [0.25, 0.3) is 0 Å². The Morgan fingerprint density at radius 1 is 1.26 bits per heavy atom. The molecule has 19 heavy (non-hydrogen) atoms. The zero-order chi connectivity index (χ0) is 14.0. The molecule has 1 saturated carbocycles. The Morgan fingerprint density at radius 3 is 2.32 bits per heavy atom. The van der Waals surface area contributed by atoms with E-state index in [1.54, 1.807) is 4.31 Å². The van der Waals surface area contributed by atoms with E-state index < -0.39 is 10.0 Å². The summed E-state index contributed by atoms with van der Waals surface area (Å²) in [6.45, 7) is 3.12. The van der Waals surface area contributed by atoms with Crippen LogP contribution in [-0.2, 0) is 14.8 Å². The molecule has 2 rings (SSSR count). The SMILES string of the molecule is CC(CS(=O)(=O)N1CCC(CC(N)=O)CC1)C1CC1. The molecule has 1 atom stereocenters. The lowest BCUT2D eigenvalue weighted by atomic mass is 9.94. The van der Waals surface area contributed by atoms with Crippen LogP contribution in [0.5, 0.6) is 0 Å². The van der Waals surface area contributed by atoms with Gasteiger partial charge in [-0.25, -0.2) is 12.7 Å². The molecule has 0 aromatic rings. The number of carbonyl (C=O) groups excluding carboxylic acids is 1. The van der Waals surface area contributed by atoms with Crippen LogP contribution >= 0.6 is 0 Å². The molecule has 1 saturated heterocycles. The third kappa shape index (κ3) is 4.18. The molecule has 1 heterocycles. The first kappa shape index (κ1) is 14.8. The number of primary amides is 1. The lowest BCUT2D eigenvalue weighted by molar-refractivity contribution is -0.119. The third-order valence-electron chi connectivity index (χ3n) is 4.36. The van der Waals surface area contributed by atoms with Crippen LogP contribution in [0.15, 0.2) is 0 Å². The summed E-state index contributed by atoms with van der Waals surface area (Å²) < 4.78 is 26.2. The largest absolute Gasteiger partial charge is 0.370 e. The van der Waals surface area contributed by atoms with Crippen LogP contribution in [0.2, 0.25) is 0 Å². The van der Waals surface area contributed by atoms with Crippen molar-refractivity contribution in [1.82, 2.24) is 4.31 Å². The highest BCUT2D eigenvalue weighted by molar-refractivity contribution is 7.89. The Labute approximate surface area is 115 Å². The van der Waals surface area contributed by atoms with Crippen molar-refractivity contribution < 1.29 is 13.2 Å². The Hall–Kier alpha value is -0.620. The number of sulfonamides is 1. The van der Waals surface area contributed by atoms with Crippen molar-refractivity contribution in [2.24, 2.45) is 23.5 Å². The van der Waals surface area contributed by atoms with Gasteiger partial charge in [0.1, 0.15) is 0 Å². The molecule has 2 N–H and O–H groups in total. The van der Waals surface area contributed by atoms with Crippen molar-refractivity contribution in [3.05, 3.63) is 0 Å². The molecule has 1 aliphatic carbocycles. The molecule has 6 heteroatoms. The van der Waals surface area contributed by atoms with Gasteiger partial charge in [0.2, 0.25) is 15.9 Å². The maximum Gasteiger partial charge on any atom is 0.217 e. The zero-order valence-corrected chi connectivity index (χ0v) is 12.4. The summed E-state index contributed by atoms with van der Waals surface area (Å²) >= 11 is 0. The molecule has 1 amide bonds. The molecule has 0 radical (unpaired) electrons. The Balaban J connectivity index is 1.83. The Bertz CT molecular complexity index is 423. The van der Waals surface area contributed by atoms with Gasteiger partial charge in [-0.05, 0) is 43.4 Å². The molecule has 2 fully saturated rings. The van der Waals surface area contributed by atoms with E-state index >= 15 is 0 Å². The van der Waals surface area contributed by atoms with Crippen LogP contribution in [0.1, 0.15) is 39.0 Å². The van der Waals surface area contributed by atoms with E-state index in [-0.39, 0.29) is 23.5 Å². The van der Waals surface area contributed by atoms with E-state index in [4.69, 9.17) is 5.73 Å². The summed E-state index contributed by atoms with van der Waals surface area (Å²) in [4.78, 5) is 10.9. The maximum atomic E-state index is 12.3. The fraction of sp³-hybridized carbons (Fsp3) is 0.923. The summed E-state index contributed by atoms with van der Waals surface area (Å²) in [7, 11) is -3.12. The minimum absolute atomic E-state index is 0.254. The predicted molar refractivity (Wildman–Crippen MR) is 73.8 cm³/mol. The molecular weight excluding hydrogens is 264 g/mol. The van der Waals surface area contributed by atoms with Crippen molar-refractivity contribution in [2.45, 2.75) is 39.0 Å². The first-order chi connectivity index (χ1) is 8.88. The van der Waals surface area contributed by atoms with Crippen LogP contribution in [-0.4, -0.2) is 37.5 Å². The maximum absolute atomic E-state index is 12.3. The lowest BCUT2D eigenvalue weighted by Crippen LogP contribution is -2.41. The molecule has 0 aromatic heterocycles. The summed E-state index contributed by atoms with van der Waals surface area (Å²) in [5, 5.41) is 0. The quantitative estimate of drug-likeness (QED) is 0.790. The predicted octanol–water partition coefficient (Wildman–Crippen LogP) is 0.950. The van der Waals surface area contributed by atoms with Crippen molar-refractivity contribution in [1.29, 1.82) is 0 Å². The highest BCUT2D eigenvalue weighted by Gasteiger charge is 2.35. The molecular formula is C13H24N2O3S. The average Bonchev–Trinajstić information content (AvgIpc) is 3.11. The summed E-state index contributed by atoms with van der Waals surface area (Å²) in [5.74, 6) is 1.13. The number of piperidine rings is 1. The molecule has 0 aromatic carbocycles. The molecule has 0 spiro atoms. The number of hydrogen-bond acceptors (Lipinski definition) is 3. The van der Waals surface area contributed by atoms with Crippen molar-refractivity contribution >= 4 is 15.9 Å². The van der Waals surface area contributed by atoms with Crippen LogP contribution < -0.4 is 5.73 Å². The second-order valence-corrected chi connectivity index (χ2v) is 8.12. The minimum Gasteiger partial charge on any atom is -0.370 e. The molecule has 2 aliphatic rings. The fourth-order valence-electron chi connectivity index (χ4n) is 2.92. The van der Waals surface area contributed by atoms with E-state index in [1.807, 2.05) is 6.92 Å². The normalized spacial score (nSPS) is 24.3. The highest BCUT2D eigenvalue weighted by atomic mass is 32.2. The molecule has 110 valence electrons. The van der Waals surface area contributed by atoms with E-state index in [9.17, 15) is 13.2 Å². The second kappa shape index (κ2) is 5.79. The van der Waals surface area contributed by atoms with E-state index in [2.05, 4.69) is 0 Å². The van der Waals surface area contributed by atoms with E-state index in [0.29, 0.717) is 25.4 Å². The average molecular weight is 288 g/mol. The zero-order valence-electron chi connectivity index (χ0n) is 11.5. The Morgan fingerprint density at radius 2 is 1.84 bits per heavy atom. The van der Waals surface area contributed by atoms with Gasteiger partial charge in [-0.15, -0.1) is 0 Å². The van der Waals surface area contributed by atoms with Crippen LogP contribution in [0.3, 0.4) is 0 Å². The lowest BCUT2D eigenvalue weighted by Gasteiger charge is -2.31. The number of amides is 1. The highest BCUT2D eigenvalue weighted by Crippen LogP contribution is 2.37. The van der Waals surface area contributed by atoms with E-state index in [1.165, 1.54) is 12.8 Å². The van der Waals surface area contributed by atoms with Gasteiger partial charge in [-0.1, -0.05) is 6.92 Å². The minimum atomic E-state index is -3.12. The van der Waals surface area contributed by atoms with Gasteiger partial charge in [-0.2, -0.15) is 0 Å². The number of nitrogens with two attached hydrogens (primary N) is 1. The summed E-state index contributed by atoms with van der Waals surface area (Å²) in [6.07, 6.45) is 4.24. The van der Waals surface area contributed by atoms with Crippen LogP contribution in [0.25, 0.3) is 0 Å². The fourth-order valence-corrected chi connectivity index (χ4v) is 4.83. The van der Waals surface area contributed by atoms with Crippen LogP contribution in [0, 0.1) is 17.8 Å². The number of hydrogen-bond donors (Lipinski definition) is 1. The number of nitrogens with zero attached hydrogens (tertiary/aromatic N) is 1. The molecule has 1 aliphatic heterocycles. The number of carbonyl (C=O) groups is 1. The monoisotopic (exact) mass is 288 g/mol. The first-order valence-corrected chi connectivity index (χ1v) is 8.75. The standard InChI is InChI=1S/C13H24N2O3S/c1-10(12-2-3-12)9-19(17,18)15-6-4-11(5-7-15)8-13(14)16/h10-12H,2-9H2,1H3,(H2,14,16). The van der Waals surface area contributed by atoms with Crippen molar-refractivity contribution in [3.63, 3.8) is 0 Å². The second-order valence-electron chi connectivity index (χ2n) is 6.11. The topological polar surface area (TPSA) is 80.5 Å². The van der Waals surface area contributed by atoms with Gasteiger partial charge >= 0.3 is 0 Å². The third-order valence-corrected chi connectivity index (χ3v) is 6.46. The van der Waals surface area contributed by atoms with Gasteiger partial charge in [0.15, 0.2) is 0 Å². The smallest absolute Gasteiger partial charge is 0.217 e. The van der Waals surface area contributed by atoms with Crippen molar-refractivity contribution in [3.8, 4) is 0 Å². The van der Waals surface area contributed by atoms with Gasteiger partial charge in [0, 0.05) is 19.5 Å². The molecule has 5 nitrogen and oxygen atoms in total. The van der Waals surface area contributed by atoms with Crippen molar-refractivity contribution in [2.75, 3.05) is 18.8 Å². The molecule has 1 unspecified atom stereocenters. The van der Waals surface area contributed by atoms with Crippen LogP contribution in [0.4, 0.5) is 0 Å². The van der Waals surface area contributed by atoms with Gasteiger partial charge in [-0.3, -0.25) is 4.79 Å². The van der Waals surface area contributed by atoms with E-state index in [0.717, 1.165) is 12.8 Å².